The van der Waals surface area contributed by atoms with Crippen molar-refractivity contribution in [3.8, 4) is 0 Å². The fraction of sp³-hybridized carbons (Fsp3) is 0.471. The third-order valence-corrected chi connectivity index (χ3v) is 6.68. The lowest BCUT2D eigenvalue weighted by atomic mass is 10.1. The van der Waals surface area contributed by atoms with Gasteiger partial charge in [-0.05, 0) is 56.2 Å². The van der Waals surface area contributed by atoms with Gasteiger partial charge < -0.3 is 9.88 Å². The van der Waals surface area contributed by atoms with E-state index in [-0.39, 0.29) is 10.8 Å². The predicted octanol–water partition coefficient (Wildman–Crippen LogP) is 1.80. The fourth-order valence-corrected chi connectivity index (χ4v) is 4.18. The number of hydrogen-bond donors (Lipinski definition) is 2. The Bertz CT molecular complexity index is 1010. The first kappa shape index (κ1) is 21.3. The van der Waals surface area contributed by atoms with Crippen molar-refractivity contribution >= 4 is 28.1 Å². The molecule has 148 valence electrons. The number of aromatic amines is 1. The summed E-state index contributed by atoms with van der Waals surface area (Å²) < 4.78 is 28.6. The molecule has 1 aromatic heterocycles. The maximum absolute atomic E-state index is 12.5. The lowest BCUT2D eigenvalue weighted by Gasteiger charge is -2.16. The van der Waals surface area contributed by atoms with Crippen LogP contribution in [0.15, 0.2) is 17.0 Å². The Labute approximate surface area is 164 Å². The number of rotatable bonds is 7. The summed E-state index contributed by atoms with van der Waals surface area (Å²) in [5.74, 6) is 0.434. The molecule has 1 amide bonds. The molecule has 0 radical (unpaired) electrons. The number of nitrogens with zero attached hydrogens (tertiary/aromatic N) is 3. The van der Waals surface area contributed by atoms with Gasteiger partial charge in [-0.2, -0.15) is 5.10 Å². The van der Waals surface area contributed by atoms with Crippen LogP contribution in [0.3, 0.4) is 0 Å². The third kappa shape index (κ3) is 4.45. The molecule has 0 aliphatic carbocycles. The molecular formula is C17H25N5O3S2. The van der Waals surface area contributed by atoms with Crippen LogP contribution in [-0.2, 0) is 23.0 Å². The number of carbonyl (C=O) groups is 1. The van der Waals surface area contributed by atoms with E-state index in [9.17, 15) is 13.2 Å². The maximum atomic E-state index is 12.5. The van der Waals surface area contributed by atoms with Gasteiger partial charge in [0.05, 0.1) is 4.90 Å². The highest BCUT2D eigenvalue weighted by Gasteiger charge is 2.23. The summed E-state index contributed by atoms with van der Waals surface area (Å²) >= 11 is 5.14. The van der Waals surface area contributed by atoms with Crippen LogP contribution in [0.1, 0.15) is 34.2 Å². The second kappa shape index (κ2) is 8.32. The Kier molecular flexibility index (Phi) is 6.55. The third-order valence-electron chi connectivity index (χ3n) is 4.43. The largest absolute Gasteiger partial charge is 0.352 e. The van der Waals surface area contributed by atoms with Crippen LogP contribution in [0.25, 0.3) is 0 Å². The Morgan fingerprint density at radius 3 is 2.59 bits per heavy atom. The molecule has 1 aromatic carbocycles. The molecule has 27 heavy (non-hydrogen) atoms. The van der Waals surface area contributed by atoms with Crippen molar-refractivity contribution in [3.63, 3.8) is 0 Å². The summed E-state index contributed by atoms with van der Waals surface area (Å²) in [6, 6.07) is 3.12. The average Bonchev–Trinajstić information content (AvgIpc) is 2.96. The molecule has 0 unspecified atom stereocenters. The van der Waals surface area contributed by atoms with E-state index >= 15 is 0 Å². The fourth-order valence-electron chi connectivity index (χ4n) is 2.68. The molecule has 0 saturated heterocycles. The zero-order chi connectivity index (χ0) is 20.4. The highest BCUT2D eigenvalue weighted by Crippen LogP contribution is 2.23. The molecule has 0 atom stereocenters. The number of benzene rings is 1. The minimum atomic E-state index is -3.63. The molecule has 0 aliphatic heterocycles. The van der Waals surface area contributed by atoms with E-state index in [1.54, 1.807) is 19.9 Å². The Balaban J connectivity index is 2.19. The topological polar surface area (TPSA) is 100 Å². The quantitative estimate of drug-likeness (QED) is 0.677. The van der Waals surface area contributed by atoms with E-state index < -0.39 is 10.0 Å². The van der Waals surface area contributed by atoms with Crippen LogP contribution in [0.2, 0.25) is 0 Å². The number of H-pyrrole nitrogens is 1. The van der Waals surface area contributed by atoms with E-state index in [2.05, 4.69) is 15.5 Å². The van der Waals surface area contributed by atoms with Crippen molar-refractivity contribution in [1.82, 2.24) is 24.4 Å². The van der Waals surface area contributed by atoms with Crippen LogP contribution in [0, 0.1) is 18.6 Å². The highest BCUT2D eigenvalue weighted by atomic mass is 32.2. The first-order valence-corrected chi connectivity index (χ1v) is 10.4. The second-order valence-electron chi connectivity index (χ2n) is 6.40. The van der Waals surface area contributed by atoms with Gasteiger partial charge in [0.1, 0.15) is 5.82 Å². The van der Waals surface area contributed by atoms with E-state index in [0.717, 1.165) is 15.7 Å². The number of nitrogens with one attached hydrogen (secondary N) is 2. The summed E-state index contributed by atoms with van der Waals surface area (Å²) in [5.41, 5.74) is 1.70. The normalized spacial score (nSPS) is 11.8. The summed E-state index contributed by atoms with van der Waals surface area (Å²) in [4.78, 5) is 12.7. The SMILES string of the molecule is CCn1c(CCNC(=O)c2cc(C)c(C)c(S(=O)(=O)N(C)C)c2)n[nH]c1=S. The molecule has 10 heteroatoms. The molecule has 2 N–H and O–H groups in total. The van der Waals surface area contributed by atoms with Crippen LogP contribution < -0.4 is 5.32 Å². The standard InChI is InChI=1S/C17H25N5O3S2/c1-6-22-15(19-20-17(22)26)7-8-18-16(23)13-9-11(2)12(3)14(10-13)27(24,25)21(4)5/h9-10H,6-8H2,1-5H3,(H,18,23)(H,20,26). The van der Waals surface area contributed by atoms with Crippen molar-refractivity contribution in [2.75, 3.05) is 20.6 Å². The molecule has 0 aliphatic rings. The monoisotopic (exact) mass is 411 g/mol. The molecule has 0 spiro atoms. The second-order valence-corrected chi connectivity index (χ2v) is 8.91. The number of hydrogen-bond acceptors (Lipinski definition) is 5. The van der Waals surface area contributed by atoms with Crippen LogP contribution in [-0.4, -0.2) is 54.0 Å². The number of aromatic nitrogens is 3. The van der Waals surface area contributed by atoms with Gasteiger partial charge in [0.15, 0.2) is 4.77 Å². The van der Waals surface area contributed by atoms with Gasteiger partial charge in [0, 0.05) is 39.2 Å². The molecule has 0 fully saturated rings. The summed E-state index contributed by atoms with van der Waals surface area (Å²) in [5, 5.41) is 9.71. The lowest BCUT2D eigenvalue weighted by Crippen LogP contribution is -2.28. The van der Waals surface area contributed by atoms with E-state index in [1.807, 2.05) is 11.5 Å². The first-order chi connectivity index (χ1) is 12.6. The Morgan fingerprint density at radius 2 is 2.00 bits per heavy atom. The summed E-state index contributed by atoms with van der Waals surface area (Å²) in [6.45, 7) is 6.55. The number of sulfonamides is 1. The maximum Gasteiger partial charge on any atom is 0.251 e. The minimum absolute atomic E-state index is 0.143. The van der Waals surface area contributed by atoms with Crippen molar-refractivity contribution in [3.05, 3.63) is 39.4 Å². The molecule has 0 saturated carbocycles. The van der Waals surface area contributed by atoms with Gasteiger partial charge in [-0.25, -0.2) is 12.7 Å². The zero-order valence-corrected chi connectivity index (χ0v) is 17.8. The van der Waals surface area contributed by atoms with Crippen molar-refractivity contribution in [1.29, 1.82) is 0 Å². The van der Waals surface area contributed by atoms with Crippen LogP contribution in [0.5, 0.6) is 0 Å². The van der Waals surface area contributed by atoms with Crippen molar-refractivity contribution < 1.29 is 13.2 Å². The zero-order valence-electron chi connectivity index (χ0n) is 16.2. The molecule has 0 bridgehead atoms. The smallest absolute Gasteiger partial charge is 0.251 e. The van der Waals surface area contributed by atoms with Gasteiger partial charge in [0.25, 0.3) is 5.91 Å². The van der Waals surface area contributed by atoms with Crippen LogP contribution in [0.4, 0.5) is 0 Å². The minimum Gasteiger partial charge on any atom is -0.352 e. The van der Waals surface area contributed by atoms with Gasteiger partial charge >= 0.3 is 0 Å². The van der Waals surface area contributed by atoms with E-state index in [0.29, 0.717) is 35.4 Å². The molecule has 1 heterocycles. The highest BCUT2D eigenvalue weighted by molar-refractivity contribution is 7.89. The number of aryl methyl sites for hydroxylation is 1. The summed E-state index contributed by atoms with van der Waals surface area (Å²) in [7, 11) is -0.693. The van der Waals surface area contributed by atoms with E-state index in [4.69, 9.17) is 12.2 Å². The van der Waals surface area contributed by atoms with Gasteiger partial charge in [-0.1, -0.05) is 0 Å². The predicted molar refractivity (Wildman–Crippen MR) is 106 cm³/mol. The van der Waals surface area contributed by atoms with Crippen LogP contribution >= 0.6 is 12.2 Å². The molecular weight excluding hydrogens is 386 g/mol. The van der Waals surface area contributed by atoms with Gasteiger partial charge in [-0.3, -0.25) is 9.89 Å². The van der Waals surface area contributed by atoms with Crippen molar-refractivity contribution in [2.24, 2.45) is 0 Å². The Hall–Kier alpha value is -2.04. The average molecular weight is 412 g/mol. The molecule has 2 rings (SSSR count). The molecule has 8 nitrogen and oxygen atoms in total. The first-order valence-electron chi connectivity index (χ1n) is 8.55. The number of amides is 1. The van der Waals surface area contributed by atoms with Gasteiger partial charge in [-0.15, -0.1) is 0 Å². The van der Waals surface area contributed by atoms with Gasteiger partial charge in [0.2, 0.25) is 10.0 Å². The lowest BCUT2D eigenvalue weighted by molar-refractivity contribution is 0.0953. The van der Waals surface area contributed by atoms with E-state index in [1.165, 1.54) is 20.2 Å². The van der Waals surface area contributed by atoms with Crippen molar-refractivity contribution in [2.45, 2.75) is 38.6 Å². The number of carbonyl (C=O) groups excluding carboxylic acids is 1. The summed E-state index contributed by atoms with van der Waals surface area (Å²) in [6.07, 6.45) is 0.514. The Morgan fingerprint density at radius 1 is 1.33 bits per heavy atom. The molecule has 2 aromatic rings.